The van der Waals surface area contributed by atoms with Crippen molar-refractivity contribution in [3.63, 3.8) is 0 Å². The highest BCUT2D eigenvalue weighted by molar-refractivity contribution is 5.89. The van der Waals surface area contributed by atoms with Crippen molar-refractivity contribution in [1.82, 2.24) is 10.3 Å². The normalized spacial score (nSPS) is 20.7. The largest absolute Gasteiger partial charge is 0.490 e. The zero-order chi connectivity index (χ0) is 21.5. The number of anilines is 3. The Morgan fingerprint density at radius 1 is 1.03 bits per heavy atom. The van der Waals surface area contributed by atoms with E-state index in [0.717, 1.165) is 12.1 Å². The van der Waals surface area contributed by atoms with Crippen molar-refractivity contribution >= 4 is 23.2 Å². The Hall–Kier alpha value is -3.75. The minimum atomic E-state index is -0.610. The summed E-state index contributed by atoms with van der Waals surface area (Å²) in [4.78, 5) is 16.5. The number of fused-ring (bicyclic) bond motifs is 3. The van der Waals surface area contributed by atoms with E-state index in [0.29, 0.717) is 17.2 Å². The lowest BCUT2D eigenvalue weighted by atomic mass is 10.0. The lowest BCUT2D eigenvalue weighted by molar-refractivity contribution is 0.247. The molecule has 6 nitrogen and oxygen atoms in total. The first-order valence-electron chi connectivity index (χ1n) is 9.66. The van der Waals surface area contributed by atoms with Crippen molar-refractivity contribution in [1.29, 1.82) is 0 Å². The predicted molar refractivity (Wildman–Crippen MR) is 108 cm³/mol. The van der Waals surface area contributed by atoms with Crippen LogP contribution in [-0.4, -0.2) is 23.7 Å². The molecule has 3 N–H and O–H groups in total. The van der Waals surface area contributed by atoms with E-state index in [1.807, 2.05) is 0 Å². The van der Waals surface area contributed by atoms with Crippen LogP contribution in [0.4, 0.5) is 35.2 Å². The molecule has 2 aliphatic rings. The third-order valence-electron chi connectivity index (χ3n) is 5.43. The van der Waals surface area contributed by atoms with Crippen LogP contribution in [0, 0.1) is 23.4 Å². The number of nitrogens with one attached hydrogen (secondary N) is 3. The Labute approximate surface area is 175 Å². The Kier molecular flexibility index (Phi) is 4.65. The minimum Gasteiger partial charge on any atom is -0.490 e. The minimum absolute atomic E-state index is 0.0750. The van der Waals surface area contributed by atoms with Gasteiger partial charge in [-0.3, -0.25) is 5.32 Å². The molecular formula is C22H17F3N4O2. The predicted octanol–water partition coefficient (Wildman–Crippen LogP) is 4.54. The number of urea groups is 1. The molecule has 1 fully saturated rings. The Balaban J connectivity index is 1.20. The van der Waals surface area contributed by atoms with Gasteiger partial charge in [-0.1, -0.05) is 6.07 Å². The van der Waals surface area contributed by atoms with E-state index < -0.39 is 17.7 Å². The van der Waals surface area contributed by atoms with E-state index in [4.69, 9.17) is 4.74 Å². The number of carbonyl (C=O) groups excluding carboxylic acids is 1. The number of rotatable bonds is 4. The van der Waals surface area contributed by atoms with Crippen LogP contribution in [0.15, 0.2) is 54.7 Å². The second kappa shape index (κ2) is 7.50. The van der Waals surface area contributed by atoms with Gasteiger partial charge in [0.1, 0.15) is 17.5 Å². The number of amides is 2. The van der Waals surface area contributed by atoms with Crippen LogP contribution in [0.1, 0.15) is 11.5 Å². The van der Waals surface area contributed by atoms with E-state index in [-0.39, 0.29) is 41.6 Å². The molecule has 0 radical (unpaired) electrons. The van der Waals surface area contributed by atoms with Gasteiger partial charge in [0, 0.05) is 29.1 Å². The van der Waals surface area contributed by atoms with Gasteiger partial charge in [0.25, 0.3) is 0 Å². The average Bonchev–Trinajstić information content (AvgIpc) is 3.44. The number of ether oxygens (including phenoxy) is 1. The number of halogens is 3. The fourth-order valence-electron chi connectivity index (χ4n) is 3.94. The van der Waals surface area contributed by atoms with Crippen LogP contribution < -0.4 is 20.7 Å². The fourth-order valence-corrected chi connectivity index (χ4v) is 3.94. The molecule has 0 saturated heterocycles. The molecule has 5 rings (SSSR count). The SMILES string of the molecule is O=C(Nc1ccc(Nc2cccc(F)c2)cn1)N[C@@H]1[C@@H]2COc3c(F)ccc(F)c3[C@@H]21. The summed E-state index contributed by atoms with van der Waals surface area (Å²) in [6.45, 7) is 0.210. The molecule has 2 amide bonds. The Morgan fingerprint density at radius 3 is 2.65 bits per heavy atom. The van der Waals surface area contributed by atoms with Crippen molar-refractivity contribution in [2.24, 2.45) is 5.92 Å². The number of hydrogen-bond donors (Lipinski definition) is 3. The van der Waals surface area contributed by atoms with Crippen molar-refractivity contribution in [2.75, 3.05) is 17.2 Å². The first kappa shape index (κ1) is 19.2. The number of benzene rings is 2. The lowest BCUT2D eigenvalue weighted by Gasteiger charge is -2.16. The molecule has 158 valence electrons. The van der Waals surface area contributed by atoms with Gasteiger partial charge in [-0.2, -0.15) is 0 Å². The molecule has 0 spiro atoms. The van der Waals surface area contributed by atoms with Crippen LogP contribution >= 0.6 is 0 Å². The van der Waals surface area contributed by atoms with Gasteiger partial charge in [0.2, 0.25) is 0 Å². The zero-order valence-electron chi connectivity index (χ0n) is 16.0. The molecule has 0 unspecified atom stereocenters. The fraction of sp³-hybridized carbons (Fsp3) is 0.182. The van der Waals surface area contributed by atoms with E-state index in [1.54, 1.807) is 24.3 Å². The molecule has 1 aliphatic carbocycles. The molecular weight excluding hydrogens is 409 g/mol. The quantitative estimate of drug-likeness (QED) is 0.573. The van der Waals surface area contributed by atoms with Gasteiger partial charge in [-0.25, -0.2) is 22.9 Å². The third kappa shape index (κ3) is 3.74. The van der Waals surface area contributed by atoms with Gasteiger partial charge >= 0.3 is 6.03 Å². The van der Waals surface area contributed by atoms with Crippen molar-refractivity contribution in [2.45, 2.75) is 12.0 Å². The Morgan fingerprint density at radius 2 is 1.87 bits per heavy atom. The lowest BCUT2D eigenvalue weighted by Crippen LogP contribution is -2.32. The zero-order valence-corrected chi connectivity index (χ0v) is 16.0. The van der Waals surface area contributed by atoms with Gasteiger partial charge < -0.3 is 15.4 Å². The highest BCUT2D eigenvalue weighted by atomic mass is 19.1. The van der Waals surface area contributed by atoms with Crippen LogP contribution in [0.25, 0.3) is 0 Å². The second-order valence-corrected chi connectivity index (χ2v) is 7.46. The van der Waals surface area contributed by atoms with E-state index in [9.17, 15) is 18.0 Å². The van der Waals surface area contributed by atoms with Crippen molar-refractivity contribution in [3.05, 3.63) is 77.7 Å². The highest BCUT2D eigenvalue weighted by Gasteiger charge is 2.57. The van der Waals surface area contributed by atoms with Crippen LogP contribution in [0.2, 0.25) is 0 Å². The Bertz CT molecular complexity index is 1160. The van der Waals surface area contributed by atoms with Gasteiger partial charge in [-0.15, -0.1) is 0 Å². The standard InChI is InChI=1S/C22H17F3N4O2/c23-11-2-1-3-12(8-11)27-13-4-7-17(26-9-13)28-22(30)29-20-14-10-31-21-16(25)6-5-15(24)19(21)18(14)20/h1-9,14,18,20,27H,10H2,(H2,26,28,29,30)/t14-,18-,20-/m1/s1. The molecule has 1 aromatic heterocycles. The summed E-state index contributed by atoms with van der Waals surface area (Å²) in [5, 5.41) is 8.40. The molecule has 1 aliphatic heterocycles. The van der Waals surface area contributed by atoms with E-state index in [1.165, 1.54) is 18.3 Å². The third-order valence-corrected chi connectivity index (χ3v) is 5.43. The summed E-state index contributed by atoms with van der Waals surface area (Å²) in [5.74, 6) is -1.71. The molecule has 3 aromatic rings. The molecule has 31 heavy (non-hydrogen) atoms. The first-order chi connectivity index (χ1) is 15.0. The monoisotopic (exact) mass is 426 g/mol. The molecule has 1 saturated carbocycles. The van der Waals surface area contributed by atoms with Crippen LogP contribution in [-0.2, 0) is 0 Å². The maximum absolute atomic E-state index is 14.2. The average molecular weight is 426 g/mol. The maximum atomic E-state index is 14.2. The maximum Gasteiger partial charge on any atom is 0.320 e. The molecule has 9 heteroatoms. The first-order valence-corrected chi connectivity index (χ1v) is 9.66. The number of aromatic nitrogens is 1. The van der Waals surface area contributed by atoms with Gasteiger partial charge in [0.05, 0.1) is 18.5 Å². The summed E-state index contributed by atoms with van der Waals surface area (Å²) in [5.41, 5.74) is 1.37. The highest BCUT2D eigenvalue weighted by Crippen LogP contribution is 2.55. The van der Waals surface area contributed by atoms with Crippen molar-refractivity contribution < 1.29 is 22.7 Å². The molecule has 0 bridgehead atoms. The second-order valence-electron chi connectivity index (χ2n) is 7.46. The summed E-state index contributed by atoms with van der Waals surface area (Å²) in [7, 11) is 0. The topological polar surface area (TPSA) is 75.3 Å². The molecule has 2 aromatic carbocycles. The molecule has 2 heterocycles. The van der Waals surface area contributed by atoms with Crippen molar-refractivity contribution in [3.8, 4) is 5.75 Å². The smallest absolute Gasteiger partial charge is 0.320 e. The molecule has 3 atom stereocenters. The summed E-state index contributed by atoms with van der Waals surface area (Å²) in [6.07, 6.45) is 1.50. The number of carbonyl (C=O) groups is 1. The van der Waals surface area contributed by atoms with Crippen LogP contribution in [0.5, 0.6) is 5.75 Å². The van der Waals surface area contributed by atoms with E-state index in [2.05, 4.69) is 20.9 Å². The van der Waals surface area contributed by atoms with Crippen LogP contribution in [0.3, 0.4) is 0 Å². The van der Waals surface area contributed by atoms with E-state index >= 15 is 0 Å². The van der Waals surface area contributed by atoms with Gasteiger partial charge in [-0.05, 0) is 42.5 Å². The summed E-state index contributed by atoms with van der Waals surface area (Å²) >= 11 is 0. The summed E-state index contributed by atoms with van der Waals surface area (Å²) in [6, 6.07) is 10.5. The summed E-state index contributed by atoms with van der Waals surface area (Å²) < 4.78 is 46.7. The number of pyridine rings is 1. The number of hydrogen-bond acceptors (Lipinski definition) is 4. The van der Waals surface area contributed by atoms with Gasteiger partial charge in [0.15, 0.2) is 11.6 Å². The number of nitrogens with zero attached hydrogens (tertiary/aromatic N) is 1.